The third kappa shape index (κ3) is 4.35. The van der Waals surface area contributed by atoms with Crippen LogP contribution < -0.4 is 4.90 Å². The van der Waals surface area contributed by atoms with Crippen molar-refractivity contribution in [1.82, 2.24) is 4.90 Å². The molecule has 34 heavy (non-hydrogen) atoms. The predicted molar refractivity (Wildman–Crippen MR) is 108 cm³/mol. The molecule has 3 nitrogen and oxygen atoms in total. The molecule has 0 aromatic heterocycles. The minimum atomic E-state index is -4.62. The summed E-state index contributed by atoms with van der Waals surface area (Å²) in [6.45, 7) is 1.95. The molecular formula is C23H18F8N2O. The molecule has 1 saturated heterocycles. The van der Waals surface area contributed by atoms with E-state index in [0.29, 0.717) is 23.4 Å². The van der Waals surface area contributed by atoms with Crippen LogP contribution in [0.2, 0.25) is 0 Å². The topological polar surface area (TPSA) is 23.6 Å². The first kappa shape index (κ1) is 24.0. The number of rotatable bonds is 3. The molecule has 11 heteroatoms. The molecule has 1 fully saturated rings. The molecule has 4 rings (SSSR count). The Labute approximate surface area is 189 Å². The van der Waals surface area contributed by atoms with Crippen LogP contribution in [0.1, 0.15) is 22.3 Å². The summed E-state index contributed by atoms with van der Waals surface area (Å²) in [5, 5.41) is 0. The largest absolute Gasteiger partial charge is 0.416 e. The molecule has 0 radical (unpaired) electrons. The van der Waals surface area contributed by atoms with Gasteiger partial charge in [0.15, 0.2) is 0 Å². The fourth-order valence-electron chi connectivity index (χ4n) is 4.06. The molecule has 0 bridgehead atoms. The SMILES string of the molecule is Cc1ccc(C(F)(F)F)cc1N1CCN(C(=O)C2=C(c3ccc(C(F)(F)F)cc3)C2(F)F)CC1. The van der Waals surface area contributed by atoms with Crippen LogP contribution in [0, 0.1) is 6.92 Å². The van der Waals surface area contributed by atoms with Gasteiger partial charge in [-0.25, -0.2) is 0 Å². The third-order valence-electron chi connectivity index (χ3n) is 5.97. The van der Waals surface area contributed by atoms with Gasteiger partial charge in [0.05, 0.1) is 11.1 Å². The molecule has 1 heterocycles. The van der Waals surface area contributed by atoms with Crippen LogP contribution in [0.25, 0.3) is 5.57 Å². The van der Waals surface area contributed by atoms with Crippen molar-refractivity contribution in [2.24, 2.45) is 0 Å². The highest BCUT2D eigenvalue weighted by atomic mass is 19.4. The average Bonchev–Trinajstić information content (AvgIpc) is 3.34. The van der Waals surface area contributed by atoms with Gasteiger partial charge in [0.1, 0.15) is 5.57 Å². The van der Waals surface area contributed by atoms with E-state index in [-0.39, 0.29) is 31.7 Å². The lowest BCUT2D eigenvalue weighted by Gasteiger charge is -2.36. The number of benzene rings is 2. The molecule has 182 valence electrons. The van der Waals surface area contributed by atoms with Crippen molar-refractivity contribution in [2.45, 2.75) is 25.2 Å². The lowest BCUT2D eigenvalue weighted by molar-refractivity contribution is -0.138. The highest BCUT2D eigenvalue weighted by Gasteiger charge is 2.61. The van der Waals surface area contributed by atoms with E-state index < -0.39 is 46.5 Å². The average molecular weight is 490 g/mol. The zero-order valence-electron chi connectivity index (χ0n) is 17.7. The van der Waals surface area contributed by atoms with E-state index >= 15 is 0 Å². The summed E-state index contributed by atoms with van der Waals surface area (Å²) in [6, 6.07) is 6.50. The molecule has 0 unspecified atom stereocenters. The predicted octanol–water partition coefficient (Wildman–Crippen LogP) is 5.78. The van der Waals surface area contributed by atoms with E-state index in [9.17, 15) is 39.9 Å². The summed E-state index contributed by atoms with van der Waals surface area (Å²) in [4.78, 5) is 15.6. The zero-order chi connectivity index (χ0) is 25.1. The molecule has 0 saturated carbocycles. The number of hydrogen-bond donors (Lipinski definition) is 0. The number of aryl methyl sites for hydroxylation is 1. The summed E-state index contributed by atoms with van der Waals surface area (Å²) in [5.41, 5.74) is -2.39. The zero-order valence-corrected chi connectivity index (χ0v) is 17.7. The summed E-state index contributed by atoms with van der Waals surface area (Å²) in [6.07, 6.45) is -9.13. The van der Waals surface area contributed by atoms with Crippen molar-refractivity contribution in [3.63, 3.8) is 0 Å². The standard InChI is InChI=1S/C23H18F8N2O/c1-13-2-5-16(23(29,30)31)12-17(13)32-8-10-33(11-9-32)20(34)19-18(21(19,24)25)14-3-6-15(7-4-14)22(26,27)28/h2-7,12H,8-11H2,1H3. The van der Waals surface area contributed by atoms with Gasteiger partial charge in [0.2, 0.25) is 0 Å². The molecule has 0 spiro atoms. The van der Waals surface area contributed by atoms with Crippen LogP contribution in [0.15, 0.2) is 48.0 Å². The van der Waals surface area contributed by atoms with E-state index in [1.54, 1.807) is 11.8 Å². The van der Waals surface area contributed by atoms with Crippen molar-refractivity contribution >= 4 is 17.2 Å². The smallest absolute Gasteiger partial charge is 0.368 e. The normalized spacial score (nSPS) is 18.4. The summed E-state index contributed by atoms with van der Waals surface area (Å²) in [5.74, 6) is -4.48. The number of allylic oxidation sites excluding steroid dienone is 1. The summed E-state index contributed by atoms with van der Waals surface area (Å²) < 4.78 is 106. The van der Waals surface area contributed by atoms with E-state index in [0.717, 1.165) is 24.3 Å². The second kappa shape index (κ2) is 7.99. The lowest BCUT2D eigenvalue weighted by Crippen LogP contribution is -2.49. The maximum absolute atomic E-state index is 14.4. The second-order valence-corrected chi connectivity index (χ2v) is 8.18. The first-order valence-electron chi connectivity index (χ1n) is 10.2. The summed E-state index contributed by atoms with van der Waals surface area (Å²) in [7, 11) is 0. The maximum atomic E-state index is 14.4. The van der Waals surface area contributed by atoms with Gasteiger partial charge in [-0.3, -0.25) is 4.79 Å². The van der Waals surface area contributed by atoms with E-state index in [1.807, 2.05) is 0 Å². The number of amides is 1. The number of hydrogen-bond acceptors (Lipinski definition) is 2. The Balaban J connectivity index is 1.48. The summed E-state index contributed by atoms with van der Waals surface area (Å²) >= 11 is 0. The molecule has 0 atom stereocenters. The number of anilines is 1. The molecule has 1 amide bonds. The van der Waals surface area contributed by atoms with Crippen LogP contribution in [0.3, 0.4) is 0 Å². The van der Waals surface area contributed by atoms with Gasteiger partial charge in [-0.2, -0.15) is 35.1 Å². The molecule has 2 aromatic carbocycles. The minimum Gasteiger partial charge on any atom is -0.368 e. The Kier molecular flexibility index (Phi) is 5.64. The Morgan fingerprint density at radius 3 is 1.88 bits per heavy atom. The van der Waals surface area contributed by atoms with Gasteiger partial charge in [-0.15, -0.1) is 0 Å². The van der Waals surface area contributed by atoms with Gasteiger partial charge in [-0.1, -0.05) is 18.2 Å². The third-order valence-corrected chi connectivity index (χ3v) is 5.97. The van der Waals surface area contributed by atoms with Gasteiger partial charge in [0, 0.05) is 37.4 Å². The molecule has 0 N–H and O–H groups in total. The molecule has 2 aliphatic rings. The highest BCUT2D eigenvalue weighted by Crippen LogP contribution is 2.56. The highest BCUT2D eigenvalue weighted by molar-refractivity contribution is 6.15. The van der Waals surface area contributed by atoms with Gasteiger partial charge >= 0.3 is 18.3 Å². The Morgan fingerprint density at radius 1 is 0.824 bits per heavy atom. The maximum Gasteiger partial charge on any atom is 0.416 e. The number of halogens is 8. The van der Waals surface area contributed by atoms with Crippen molar-refractivity contribution < 1.29 is 39.9 Å². The van der Waals surface area contributed by atoms with Crippen LogP contribution in [-0.4, -0.2) is 42.9 Å². The minimum absolute atomic E-state index is 0.00832. The molecule has 1 aliphatic carbocycles. The van der Waals surface area contributed by atoms with Crippen molar-refractivity contribution in [2.75, 3.05) is 31.1 Å². The Morgan fingerprint density at radius 2 is 1.35 bits per heavy atom. The van der Waals surface area contributed by atoms with Gasteiger partial charge in [0.25, 0.3) is 5.91 Å². The van der Waals surface area contributed by atoms with Crippen LogP contribution in [0.5, 0.6) is 0 Å². The number of alkyl halides is 8. The fourth-order valence-corrected chi connectivity index (χ4v) is 4.06. The van der Waals surface area contributed by atoms with Crippen molar-refractivity contribution in [3.8, 4) is 0 Å². The number of carbonyl (C=O) groups is 1. The number of carbonyl (C=O) groups excluding carboxylic acids is 1. The van der Waals surface area contributed by atoms with Gasteiger partial charge in [-0.05, 0) is 42.3 Å². The monoisotopic (exact) mass is 490 g/mol. The second-order valence-electron chi connectivity index (χ2n) is 8.18. The van der Waals surface area contributed by atoms with E-state index in [4.69, 9.17) is 0 Å². The van der Waals surface area contributed by atoms with Crippen LogP contribution >= 0.6 is 0 Å². The molecular weight excluding hydrogens is 472 g/mol. The van der Waals surface area contributed by atoms with Gasteiger partial charge < -0.3 is 9.80 Å². The number of piperazine rings is 1. The first-order valence-corrected chi connectivity index (χ1v) is 10.2. The number of nitrogens with zero attached hydrogens (tertiary/aromatic N) is 2. The molecule has 2 aromatic rings. The Hall–Kier alpha value is -3.11. The van der Waals surface area contributed by atoms with E-state index in [1.165, 1.54) is 11.0 Å². The van der Waals surface area contributed by atoms with Crippen LogP contribution in [-0.2, 0) is 17.1 Å². The van der Waals surface area contributed by atoms with Crippen molar-refractivity contribution in [1.29, 1.82) is 0 Å². The van der Waals surface area contributed by atoms with Crippen molar-refractivity contribution in [3.05, 3.63) is 70.3 Å². The first-order chi connectivity index (χ1) is 15.7. The fraction of sp³-hybridized carbons (Fsp3) is 0.348. The quantitative estimate of drug-likeness (QED) is 0.509. The lowest BCUT2D eigenvalue weighted by atomic mass is 10.1. The Bertz CT molecular complexity index is 1140. The van der Waals surface area contributed by atoms with E-state index in [2.05, 4.69) is 0 Å². The molecule has 1 aliphatic heterocycles. The van der Waals surface area contributed by atoms with Crippen LogP contribution in [0.4, 0.5) is 40.8 Å².